The second-order valence-electron chi connectivity index (χ2n) is 4.07. The van der Waals surface area contributed by atoms with Crippen molar-refractivity contribution in [3.05, 3.63) is 68.0 Å². The second-order valence-corrected chi connectivity index (χ2v) is 5.73. The van der Waals surface area contributed by atoms with E-state index >= 15 is 0 Å². The number of hydrogen-bond acceptors (Lipinski definition) is 1. The van der Waals surface area contributed by atoms with Gasteiger partial charge in [-0.15, -0.1) is 0 Å². The quantitative estimate of drug-likeness (QED) is 0.794. The summed E-state index contributed by atoms with van der Waals surface area (Å²) < 4.78 is 14.9. The zero-order valence-electron chi connectivity index (χ0n) is 9.54. The van der Waals surface area contributed by atoms with Gasteiger partial charge in [0.25, 0.3) is 0 Å². The molecule has 0 bridgehead atoms. The van der Waals surface area contributed by atoms with E-state index in [0.29, 0.717) is 17.0 Å². The molecule has 0 aliphatic heterocycles. The monoisotopic (exact) mass is 375 g/mol. The molecule has 0 radical (unpaired) electrons. The Bertz CT molecular complexity index is 522. The summed E-state index contributed by atoms with van der Waals surface area (Å²) in [7, 11) is 0. The van der Waals surface area contributed by atoms with E-state index in [0.717, 1.165) is 9.13 Å². The smallest absolute Gasteiger partial charge is 0.129 e. The van der Waals surface area contributed by atoms with Gasteiger partial charge in [-0.05, 0) is 58.8 Å². The van der Waals surface area contributed by atoms with Crippen LogP contribution in [0.4, 0.5) is 4.39 Å². The van der Waals surface area contributed by atoms with Crippen molar-refractivity contribution in [1.29, 1.82) is 0 Å². The number of hydrogen-bond donors (Lipinski definition) is 1. The van der Waals surface area contributed by atoms with E-state index in [1.807, 2.05) is 24.3 Å². The average Bonchev–Trinajstić information content (AvgIpc) is 2.32. The lowest BCUT2D eigenvalue weighted by Crippen LogP contribution is -2.15. The van der Waals surface area contributed by atoms with E-state index in [1.165, 1.54) is 6.07 Å². The molecule has 2 N–H and O–H groups in total. The summed E-state index contributed by atoms with van der Waals surface area (Å²) in [5.41, 5.74) is 7.50. The fourth-order valence-corrected chi connectivity index (χ4v) is 2.50. The molecule has 2 rings (SSSR count). The molecule has 2 aromatic carbocycles. The van der Waals surface area contributed by atoms with Crippen molar-refractivity contribution in [2.75, 3.05) is 0 Å². The van der Waals surface area contributed by atoms with E-state index in [-0.39, 0.29) is 5.82 Å². The summed E-state index contributed by atoms with van der Waals surface area (Å²) in [5, 5.41) is 0.382. The van der Waals surface area contributed by atoms with Crippen molar-refractivity contribution in [3.63, 3.8) is 0 Å². The van der Waals surface area contributed by atoms with Crippen molar-refractivity contribution in [2.45, 2.75) is 12.5 Å². The normalized spacial score (nSPS) is 12.4. The lowest BCUT2D eigenvalue weighted by Gasteiger charge is -2.14. The third-order valence-electron chi connectivity index (χ3n) is 2.74. The summed E-state index contributed by atoms with van der Waals surface area (Å²) in [4.78, 5) is 0. The Morgan fingerprint density at radius 1 is 1.17 bits per heavy atom. The molecule has 18 heavy (non-hydrogen) atoms. The van der Waals surface area contributed by atoms with Gasteiger partial charge in [0.1, 0.15) is 5.82 Å². The first-order chi connectivity index (χ1) is 8.58. The molecule has 0 spiro atoms. The van der Waals surface area contributed by atoms with E-state index < -0.39 is 6.04 Å². The first-order valence-corrected chi connectivity index (χ1v) is 6.97. The van der Waals surface area contributed by atoms with Crippen LogP contribution in [0.25, 0.3) is 0 Å². The zero-order chi connectivity index (χ0) is 13.1. The third-order valence-corrected chi connectivity index (χ3v) is 3.79. The molecule has 1 unspecified atom stereocenters. The maximum Gasteiger partial charge on any atom is 0.129 e. The highest BCUT2D eigenvalue weighted by molar-refractivity contribution is 14.1. The fourth-order valence-electron chi connectivity index (χ4n) is 1.84. The Balaban J connectivity index is 2.22. The number of nitrogens with two attached hydrogens (primary N) is 1. The van der Waals surface area contributed by atoms with Crippen molar-refractivity contribution >= 4 is 34.2 Å². The molecule has 1 atom stereocenters. The van der Waals surface area contributed by atoms with Crippen LogP contribution < -0.4 is 5.73 Å². The van der Waals surface area contributed by atoms with Crippen LogP contribution in [0.3, 0.4) is 0 Å². The van der Waals surface area contributed by atoms with E-state index in [4.69, 9.17) is 17.3 Å². The van der Waals surface area contributed by atoms with Gasteiger partial charge in [0, 0.05) is 20.2 Å². The number of halogens is 3. The minimum absolute atomic E-state index is 0.347. The van der Waals surface area contributed by atoms with Crippen LogP contribution in [-0.2, 0) is 6.42 Å². The molecule has 0 aliphatic rings. The third kappa shape index (κ3) is 3.22. The van der Waals surface area contributed by atoms with E-state index in [9.17, 15) is 4.39 Å². The minimum atomic E-state index is -0.432. The summed E-state index contributed by atoms with van der Waals surface area (Å²) in [6.45, 7) is 0. The van der Waals surface area contributed by atoms with Gasteiger partial charge in [0.05, 0.1) is 0 Å². The maximum absolute atomic E-state index is 13.7. The molecule has 1 nitrogen and oxygen atoms in total. The van der Waals surface area contributed by atoms with Crippen LogP contribution in [0.15, 0.2) is 42.5 Å². The van der Waals surface area contributed by atoms with Crippen LogP contribution in [0.5, 0.6) is 0 Å². The molecule has 94 valence electrons. The average molecular weight is 376 g/mol. The van der Waals surface area contributed by atoms with E-state index in [1.54, 1.807) is 12.1 Å². The Hall–Kier alpha value is -0.650. The van der Waals surface area contributed by atoms with Crippen molar-refractivity contribution in [2.24, 2.45) is 5.73 Å². The van der Waals surface area contributed by atoms with Crippen molar-refractivity contribution < 1.29 is 4.39 Å². The van der Waals surface area contributed by atoms with Crippen LogP contribution in [0.2, 0.25) is 5.02 Å². The summed E-state index contributed by atoms with van der Waals surface area (Å²) >= 11 is 8.23. The van der Waals surface area contributed by atoms with Crippen LogP contribution in [0, 0.1) is 9.39 Å². The lowest BCUT2D eigenvalue weighted by molar-refractivity contribution is 0.580. The summed E-state index contributed by atoms with van der Waals surface area (Å²) in [6, 6.07) is 12.2. The van der Waals surface area contributed by atoms with Crippen LogP contribution in [0.1, 0.15) is 17.2 Å². The molecule has 0 saturated carbocycles. The highest BCUT2D eigenvalue weighted by Crippen LogP contribution is 2.26. The summed E-state index contributed by atoms with van der Waals surface area (Å²) in [6.07, 6.45) is 0.567. The Morgan fingerprint density at radius 3 is 2.44 bits per heavy atom. The number of rotatable bonds is 3. The molecular formula is C14H12ClFIN. The molecule has 0 saturated heterocycles. The SMILES string of the molecule is NC(Cc1ccc(I)cc1)c1c(F)cccc1Cl. The molecule has 0 heterocycles. The molecule has 0 aliphatic carbocycles. The van der Waals surface area contributed by atoms with Gasteiger partial charge in [-0.2, -0.15) is 0 Å². The van der Waals surface area contributed by atoms with Gasteiger partial charge < -0.3 is 5.73 Å². The van der Waals surface area contributed by atoms with Crippen molar-refractivity contribution in [3.8, 4) is 0 Å². The van der Waals surface area contributed by atoms with Crippen molar-refractivity contribution in [1.82, 2.24) is 0 Å². The maximum atomic E-state index is 13.7. The molecule has 0 aromatic heterocycles. The van der Waals surface area contributed by atoms with Gasteiger partial charge in [-0.1, -0.05) is 29.8 Å². The zero-order valence-corrected chi connectivity index (χ0v) is 12.5. The van der Waals surface area contributed by atoms with Crippen LogP contribution in [-0.4, -0.2) is 0 Å². The van der Waals surface area contributed by atoms with Crippen LogP contribution >= 0.6 is 34.2 Å². The molecule has 4 heteroatoms. The molecule has 2 aromatic rings. The van der Waals surface area contributed by atoms with Gasteiger partial charge in [0.15, 0.2) is 0 Å². The minimum Gasteiger partial charge on any atom is -0.324 e. The lowest BCUT2D eigenvalue weighted by atomic mass is 9.99. The topological polar surface area (TPSA) is 26.0 Å². The first kappa shape index (κ1) is 13.8. The van der Waals surface area contributed by atoms with Gasteiger partial charge in [-0.3, -0.25) is 0 Å². The first-order valence-electron chi connectivity index (χ1n) is 5.52. The largest absolute Gasteiger partial charge is 0.324 e. The number of benzene rings is 2. The molecule has 0 amide bonds. The van der Waals surface area contributed by atoms with Gasteiger partial charge in [-0.25, -0.2) is 4.39 Å². The van der Waals surface area contributed by atoms with E-state index in [2.05, 4.69) is 22.6 Å². The Kier molecular flexibility index (Phi) is 4.59. The highest BCUT2D eigenvalue weighted by atomic mass is 127. The van der Waals surface area contributed by atoms with Gasteiger partial charge in [0.2, 0.25) is 0 Å². The Morgan fingerprint density at radius 2 is 1.83 bits per heavy atom. The predicted molar refractivity (Wildman–Crippen MR) is 81.2 cm³/mol. The summed E-state index contributed by atoms with van der Waals surface area (Å²) in [5.74, 6) is -0.347. The molecular weight excluding hydrogens is 364 g/mol. The predicted octanol–water partition coefficient (Wildman–Crippen LogP) is 4.33. The fraction of sp³-hybridized carbons (Fsp3) is 0.143. The second kappa shape index (κ2) is 5.99. The Labute approximate surface area is 124 Å². The van der Waals surface area contributed by atoms with Gasteiger partial charge >= 0.3 is 0 Å². The molecule has 0 fully saturated rings. The highest BCUT2D eigenvalue weighted by Gasteiger charge is 2.15. The standard InChI is InChI=1S/C14H12ClFIN/c15-11-2-1-3-12(16)14(11)13(18)8-9-4-6-10(17)7-5-9/h1-7,13H,8,18H2.